The number of hydrogen-bond donors (Lipinski definition) is 0. The molecule has 0 spiro atoms. The highest BCUT2D eigenvalue weighted by atomic mass is 35.5. The van der Waals surface area contributed by atoms with Crippen LogP contribution in [0, 0.1) is 10.1 Å². The highest BCUT2D eigenvalue weighted by Crippen LogP contribution is 2.34. The molecule has 2 aromatic carbocycles. The van der Waals surface area contributed by atoms with Crippen LogP contribution >= 0.6 is 23.2 Å². The van der Waals surface area contributed by atoms with Crippen LogP contribution in [0.5, 0.6) is 5.75 Å². The standard InChI is InChI=1S/C16H12Cl2N2O3/c1-2-7-23-16-14(17)8-11(9-15(16)18)10-19-12-3-5-13(6-4-12)20(21)22/h2-6,8-10H,1,7H2. The molecule has 0 radical (unpaired) electrons. The summed E-state index contributed by atoms with van der Waals surface area (Å²) in [5.74, 6) is 0.390. The van der Waals surface area contributed by atoms with Gasteiger partial charge in [0.15, 0.2) is 5.75 Å². The van der Waals surface area contributed by atoms with E-state index in [0.717, 1.165) is 0 Å². The summed E-state index contributed by atoms with van der Waals surface area (Å²) in [6.07, 6.45) is 3.16. The van der Waals surface area contributed by atoms with Crippen molar-refractivity contribution >= 4 is 40.8 Å². The van der Waals surface area contributed by atoms with E-state index in [1.807, 2.05) is 0 Å². The van der Waals surface area contributed by atoms with Crippen LogP contribution in [0.15, 0.2) is 54.0 Å². The highest BCUT2D eigenvalue weighted by Gasteiger charge is 2.08. The molecule has 0 aromatic heterocycles. The van der Waals surface area contributed by atoms with E-state index in [-0.39, 0.29) is 5.69 Å². The first-order chi connectivity index (χ1) is 11.0. The number of non-ortho nitro benzene ring substituents is 1. The Kier molecular flexibility index (Phi) is 5.73. The predicted octanol–water partition coefficient (Wildman–Crippen LogP) is 5.22. The van der Waals surface area contributed by atoms with Crippen molar-refractivity contribution in [3.8, 4) is 5.75 Å². The van der Waals surface area contributed by atoms with Gasteiger partial charge in [-0.2, -0.15) is 0 Å². The molecule has 0 aliphatic rings. The second-order valence-corrected chi connectivity index (χ2v) is 5.26. The molecule has 0 heterocycles. The zero-order valence-corrected chi connectivity index (χ0v) is 13.4. The number of nitrogens with zero attached hydrogens (tertiary/aromatic N) is 2. The largest absolute Gasteiger partial charge is 0.486 e. The first kappa shape index (κ1) is 17.0. The maximum atomic E-state index is 10.6. The molecule has 0 bridgehead atoms. The van der Waals surface area contributed by atoms with Gasteiger partial charge in [0.1, 0.15) is 6.61 Å². The zero-order chi connectivity index (χ0) is 16.8. The third-order valence-electron chi connectivity index (χ3n) is 2.79. The van der Waals surface area contributed by atoms with Crippen molar-refractivity contribution in [2.24, 2.45) is 4.99 Å². The number of halogens is 2. The molecule has 0 saturated carbocycles. The van der Waals surface area contributed by atoms with Crippen LogP contribution in [0.3, 0.4) is 0 Å². The van der Waals surface area contributed by atoms with Crippen molar-refractivity contribution in [1.29, 1.82) is 0 Å². The van der Waals surface area contributed by atoms with Crippen molar-refractivity contribution in [3.05, 3.63) is 74.8 Å². The summed E-state index contributed by atoms with van der Waals surface area (Å²) >= 11 is 12.3. The Balaban J connectivity index is 2.19. The molecule has 2 aromatic rings. The fraction of sp³-hybridized carbons (Fsp3) is 0.0625. The van der Waals surface area contributed by atoms with Gasteiger partial charge in [0.2, 0.25) is 0 Å². The lowest BCUT2D eigenvalue weighted by molar-refractivity contribution is -0.384. The van der Waals surface area contributed by atoms with Crippen LogP contribution < -0.4 is 4.74 Å². The molecule has 0 aliphatic carbocycles. The molecular weight excluding hydrogens is 339 g/mol. The number of ether oxygens (including phenoxy) is 1. The minimum absolute atomic E-state index is 0.0127. The molecule has 0 unspecified atom stereocenters. The van der Waals surface area contributed by atoms with Crippen molar-refractivity contribution in [2.45, 2.75) is 0 Å². The number of benzene rings is 2. The molecule has 0 aliphatic heterocycles. The fourth-order valence-electron chi connectivity index (χ4n) is 1.74. The van der Waals surface area contributed by atoms with Gasteiger partial charge >= 0.3 is 0 Å². The van der Waals surface area contributed by atoms with Crippen LogP contribution in [-0.2, 0) is 0 Å². The van der Waals surface area contributed by atoms with Gasteiger partial charge in [-0.15, -0.1) is 0 Å². The molecule has 0 N–H and O–H groups in total. The van der Waals surface area contributed by atoms with E-state index in [0.29, 0.717) is 33.7 Å². The van der Waals surface area contributed by atoms with Crippen LogP contribution in [0.2, 0.25) is 10.0 Å². The van der Waals surface area contributed by atoms with E-state index in [9.17, 15) is 10.1 Å². The third-order valence-corrected chi connectivity index (χ3v) is 3.35. The van der Waals surface area contributed by atoms with Crippen molar-refractivity contribution in [3.63, 3.8) is 0 Å². The van der Waals surface area contributed by atoms with Gasteiger partial charge in [-0.3, -0.25) is 15.1 Å². The number of nitro groups is 1. The zero-order valence-electron chi connectivity index (χ0n) is 11.9. The highest BCUT2D eigenvalue weighted by molar-refractivity contribution is 6.37. The first-order valence-electron chi connectivity index (χ1n) is 6.52. The van der Waals surface area contributed by atoms with Crippen molar-refractivity contribution < 1.29 is 9.66 Å². The molecular formula is C16H12Cl2N2O3. The molecule has 0 amide bonds. The summed E-state index contributed by atoms with van der Waals surface area (Å²) in [6.45, 7) is 3.86. The summed E-state index contributed by atoms with van der Waals surface area (Å²) in [7, 11) is 0. The van der Waals surface area contributed by atoms with Gasteiger partial charge in [-0.25, -0.2) is 0 Å². The van der Waals surface area contributed by atoms with Gasteiger partial charge in [0.25, 0.3) is 5.69 Å². The topological polar surface area (TPSA) is 64.7 Å². The molecule has 0 saturated heterocycles. The summed E-state index contributed by atoms with van der Waals surface area (Å²) in [6, 6.07) is 9.22. The van der Waals surface area contributed by atoms with Gasteiger partial charge in [0.05, 0.1) is 20.7 Å². The SMILES string of the molecule is C=CCOc1c(Cl)cc(C=Nc2ccc([N+](=O)[O-])cc2)cc1Cl. The lowest BCUT2D eigenvalue weighted by Crippen LogP contribution is -1.95. The van der Waals surface area contributed by atoms with Crippen molar-refractivity contribution in [2.75, 3.05) is 6.61 Å². The Morgan fingerprint density at radius 2 is 1.83 bits per heavy atom. The lowest BCUT2D eigenvalue weighted by atomic mass is 10.2. The maximum Gasteiger partial charge on any atom is 0.269 e. The van der Waals surface area contributed by atoms with Gasteiger partial charge < -0.3 is 4.74 Å². The van der Waals surface area contributed by atoms with E-state index in [2.05, 4.69) is 11.6 Å². The van der Waals surface area contributed by atoms with Crippen LogP contribution in [0.4, 0.5) is 11.4 Å². The monoisotopic (exact) mass is 350 g/mol. The fourth-order valence-corrected chi connectivity index (χ4v) is 2.36. The Morgan fingerprint density at radius 3 is 2.35 bits per heavy atom. The molecule has 0 atom stereocenters. The second kappa shape index (κ2) is 7.76. The molecule has 0 fully saturated rings. The van der Waals surface area contributed by atoms with E-state index in [1.54, 1.807) is 36.6 Å². The number of aliphatic imine (C=N–C) groups is 1. The lowest BCUT2D eigenvalue weighted by Gasteiger charge is -2.08. The normalized spacial score (nSPS) is 10.7. The Morgan fingerprint density at radius 1 is 1.22 bits per heavy atom. The van der Waals surface area contributed by atoms with E-state index in [1.165, 1.54) is 12.1 Å². The summed E-state index contributed by atoms with van der Waals surface area (Å²) in [5, 5.41) is 11.3. The van der Waals surface area contributed by atoms with E-state index in [4.69, 9.17) is 27.9 Å². The van der Waals surface area contributed by atoms with E-state index >= 15 is 0 Å². The summed E-state index contributed by atoms with van der Waals surface area (Å²) in [5.41, 5.74) is 1.28. The number of rotatable bonds is 6. The van der Waals surface area contributed by atoms with Crippen LogP contribution in [0.1, 0.15) is 5.56 Å². The molecule has 5 nitrogen and oxygen atoms in total. The van der Waals surface area contributed by atoms with Crippen molar-refractivity contribution in [1.82, 2.24) is 0 Å². The van der Waals surface area contributed by atoms with Gasteiger partial charge in [-0.05, 0) is 29.8 Å². The second-order valence-electron chi connectivity index (χ2n) is 4.45. The minimum atomic E-state index is -0.463. The number of hydrogen-bond acceptors (Lipinski definition) is 4. The molecule has 23 heavy (non-hydrogen) atoms. The first-order valence-corrected chi connectivity index (χ1v) is 7.28. The molecule has 7 heteroatoms. The van der Waals surface area contributed by atoms with Crippen LogP contribution in [0.25, 0.3) is 0 Å². The third kappa shape index (κ3) is 4.55. The van der Waals surface area contributed by atoms with Crippen LogP contribution in [-0.4, -0.2) is 17.7 Å². The Labute approximate surface area is 143 Å². The maximum absolute atomic E-state index is 10.6. The van der Waals surface area contributed by atoms with E-state index < -0.39 is 4.92 Å². The quantitative estimate of drug-likeness (QED) is 0.310. The Bertz CT molecular complexity index is 735. The average Bonchev–Trinajstić information content (AvgIpc) is 2.52. The molecule has 118 valence electrons. The minimum Gasteiger partial charge on any atom is -0.486 e. The predicted molar refractivity (Wildman–Crippen MR) is 92.5 cm³/mol. The number of nitro benzene ring substituents is 1. The Hall–Kier alpha value is -2.37. The average molecular weight is 351 g/mol. The summed E-state index contributed by atoms with van der Waals surface area (Å²) < 4.78 is 5.38. The summed E-state index contributed by atoms with van der Waals surface area (Å²) in [4.78, 5) is 14.4. The van der Waals surface area contributed by atoms with Gasteiger partial charge in [0, 0.05) is 18.3 Å². The molecule has 2 rings (SSSR count). The van der Waals surface area contributed by atoms with Gasteiger partial charge in [-0.1, -0.05) is 35.9 Å². The smallest absolute Gasteiger partial charge is 0.269 e.